The highest BCUT2D eigenvalue weighted by Gasteiger charge is 2.12. The molecule has 78 valence electrons. The summed E-state index contributed by atoms with van der Waals surface area (Å²) >= 11 is 4.75. The first-order valence-corrected chi connectivity index (χ1v) is 5.83. The zero-order chi connectivity index (χ0) is 10.7. The average Bonchev–Trinajstić information content (AvgIpc) is 2.47. The fourth-order valence-corrected chi connectivity index (χ4v) is 2.35. The molecule has 0 saturated carbocycles. The summed E-state index contributed by atoms with van der Waals surface area (Å²) in [4.78, 5) is 12.2. The van der Waals surface area contributed by atoms with Gasteiger partial charge in [-0.1, -0.05) is 0 Å². The third-order valence-electron chi connectivity index (χ3n) is 1.73. The zero-order valence-corrected chi connectivity index (χ0v) is 10.4. The fourth-order valence-electron chi connectivity index (χ4n) is 0.912. The molecular weight excluding hydrogens is 266 g/mol. The molecule has 0 saturated heterocycles. The summed E-state index contributed by atoms with van der Waals surface area (Å²) < 4.78 is 0.972. The van der Waals surface area contributed by atoms with Crippen molar-refractivity contribution in [2.75, 3.05) is 6.61 Å². The Morgan fingerprint density at radius 2 is 2.43 bits per heavy atom. The van der Waals surface area contributed by atoms with Crippen molar-refractivity contribution in [3.05, 3.63) is 20.3 Å². The third kappa shape index (κ3) is 2.80. The van der Waals surface area contributed by atoms with Crippen molar-refractivity contribution in [2.24, 2.45) is 0 Å². The van der Waals surface area contributed by atoms with Gasteiger partial charge in [-0.05, 0) is 41.4 Å². The Kier molecular flexibility index (Phi) is 4.10. The van der Waals surface area contributed by atoms with Crippen LogP contribution in [0.25, 0.3) is 0 Å². The van der Waals surface area contributed by atoms with Gasteiger partial charge in [-0.3, -0.25) is 4.79 Å². The van der Waals surface area contributed by atoms with Crippen LogP contribution < -0.4 is 5.32 Å². The molecule has 1 amide bonds. The first-order chi connectivity index (χ1) is 6.54. The quantitative estimate of drug-likeness (QED) is 0.887. The number of carbonyl (C=O) groups excluding carboxylic acids is 1. The van der Waals surface area contributed by atoms with Gasteiger partial charge in [-0.2, -0.15) is 0 Å². The lowest BCUT2D eigenvalue weighted by atomic mass is 10.3. The molecule has 1 aromatic heterocycles. The molecule has 1 heterocycles. The van der Waals surface area contributed by atoms with Crippen LogP contribution in [-0.2, 0) is 0 Å². The lowest BCUT2D eigenvalue weighted by Crippen LogP contribution is -2.34. The SMILES string of the molecule is Cc1cc(C(=O)NC(C)CO)sc1Br. The van der Waals surface area contributed by atoms with Crippen LogP contribution in [0.15, 0.2) is 9.85 Å². The Hall–Kier alpha value is -0.390. The maximum Gasteiger partial charge on any atom is 0.261 e. The maximum absolute atomic E-state index is 11.5. The van der Waals surface area contributed by atoms with E-state index in [2.05, 4.69) is 21.2 Å². The van der Waals surface area contributed by atoms with Gasteiger partial charge in [0.25, 0.3) is 5.91 Å². The number of amides is 1. The van der Waals surface area contributed by atoms with Gasteiger partial charge in [-0.15, -0.1) is 11.3 Å². The van der Waals surface area contributed by atoms with E-state index in [4.69, 9.17) is 5.11 Å². The molecule has 1 atom stereocenters. The number of aliphatic hydroxyl groups is 1. The molecule has 2 N–H and O–H groups in total. The van der Waals surface area contributed by atoms with Crippen LogP contribution in [0.5, 0.6) is 0 Å². The number of hydrogen-bond donors (Lipinski definition) is 2. The summed E-state index contributed by atoms with van der Waals surface area (Å²) in [6.07, 6.45) is 0. The molecule has 1 unspecified atom stereocenters. The molecule has 0 aliphatic heterocycles. The molecule has 1 rings (SSSR count). The minimum Gasteiger partial charge on any atom is -0.394 e. The number of hydrogen-bond acceptors (Lipinski definition) is 3. The van der Waals surface area contributed by atoms with Gasteiger partial charge in [0.15, 0.2) is 0 Å². The van der Waals surface area contributed by atoms with Crippen LogP contribution in [0.4, 0.5) is 0 Å². The van der Waals surface area contributed by atoms with Gasteiger partial charge < -0.3 is 10.4 Å². The first-order valence-electron chi connectivity index (χ1n) is 4.22. The topological polar surface area (TPSA) is 49.3 Å². The Morgan fingerprint density at radius 1 is 1.79 bits per heavy atom. The Bertz CT molecular complexity index is 318. The predicted molar refractivity (Wildman–Crippen MR) is 60.8 cm³/mol. The highest BCUT2D eigenvalue weighted by Crippen LogP contribution is 2.27. The number of thiophene rings is 1. The lowest BCUT2D eigenvalue weighted by molar-refractivity contribution is 0.0926. The monoisotopic (exact) mass is 277 g/mol. The molecule has 5 heteroatoms. The minimum atomic E-state index is -0.205. The second kappa shape index (κ2) is 4.91. The molecule has 0 aliphatic rings. The van der Waals surface area contributed by atoms with Gasteiger partial charge >= 0.3 is 0 Å². The van der Waals surface area contributed by atoms with Gasteiger partial charge in [-0.25, -0.2) is 0 Å². The molecule has 0 aromatic carbocycles. The van der Waals surface area contributed by atoms with Crippen molar-refractivity contribution in [1.82, 2.24) is 5.32 Å². The smallest absolute Gasteiger partial charge is 0.261 e. The molecule has 0 radical (unpaired) electrons. The number of aliphatic hydroxyl groups excluding tert-OH is 1. The zero-order valence-electron chi connectivity index (χ0n) is 8.00. The van der Waals surface area contributed by atoms with Crippen molar-refractivity contribution in [3.8, 4) is 0 Å². The van der Waals surface area contributed by atoms with Gasteiger partial charge in [0, 0.05) is 6.04 Å². The van der Waals surface area contributed by atoms with Crippen molar-refractivity contribution < 1.29 is 9.90 Å². The summed E-state index contributed by atoms with van der Waals surface area (Å²) in [5.41, 5.74) is 1.05. The summed E-state index contributed by atoms with van der Waals surface area (Å²) in [5, 5.41) is 11.5. The summed E-state index contributed by atoms with van der Waals surface area (Å²) in [7, 11) is 0. The van der Waals surface area contributed by atoms with Gasteiger partial charge in [0.05, 0.1) is 15.3 Å². The van der Waals surface area contributed by atoms with E-state index in [-0.39, 0.29) is 18.6 Å². The first kappa shape index (κ1) is 11.7. The largest absolute Gasteiger partial charge is 0.394 e. The van der Waals surface area contributed by atoms with Crippen LogP contribution in [0, 0.1) is 6.92 Å². The van der Waals surface area contributed by atoms with E-state index in [0.29, 0.717) is 4.88 Å². The number of rotatable bonds is 3. The summed E-state index contributed by atoms with van der Waals surface area (Å²) in [6.45, 7) is 3.65. The molecule has 14 heavy (non-hydrogen) atoms. The molecule has 0 spiro atoms. The highest BCUT2D eigenvalue weighted by molar-refractivity contribution is 9.11. The Labute approximate surface area is 95.3 Å². The maximum atomic E-state index is 11.5. The molecule has 0 fully saturated rings. The average molecular weight is 278 g/mol. The second-order valence-corrected chi connectivity index (χ2v) is 5.49. The van der Waals surface area contributed by atoms with Crippen molar-refractivity contribution in [1.29, 1.82) is 0 Å². The summed E-state index contributed by atoms with van der Waals surface area (Å²) in [5.74, 6) is -0.134. The number of aryl methyl sites for hydroxylation is 1. The number of nitrogens with one attached hydrogen (secondary N) is 1. The Balaban J connectivity index is 2.70. The minimum absolute atomic E-state index is 0.0444. The van der Waals surface area contributed by atoms with Crippen LogP contribution >= 0.6 is 27.3 Å². The second-order valence-electron chi connectivity index (χ2n) is 3.12. The van der Waals surface area contributed by atoms with Gasteiger partial charge in [0.1, 0.15) is 0 Å². The van der Waals surface area contributed by atoms with Gasteiger partial charge in [0.2, 0.25) is 0 Å². The van der Waals surface area contributed by atoms with Crippen LogP contribution in [0.3, 0.4) is 0 Å². The van der Waals surface area contributed by atoms with E-state index in [9.17, 15) is 4.79 Å². The third-order valence-corrected chi connectivity index (χ3v) is 3.87. The lowest BCUT2D eigenvalue weighted by Gasteiger charge is -2.08. The van der Waals surface area contributed by atoms with E-state index in [1.807, 2.05) is 13.0 Å². The standard InChI is InChI=1S/C9H12BrNO2S/c1-5-3-7(14-8(5)10)9(13)11-6(2)4-12/h3,6,12H,4H2,1-2H3,(H,11,13). The molecular formula is C9H12BrNO2S. The van der Waals surface area contributed by atoms with E-state index < -0.39 is 0 Å². The van der Waals surface area contributed by atoms with E-state index in [1.54, 1.807) is 6.92 Å². The predicted octanol–water partition coefficient (Wildman–Crippen LogP) is 1.93. The Morgan fingerprint density at radius 3 is 2.86 bits per heavy atom. The number of carbonyl (C=O) groups is 1. The van der Waals surface area contributed by atoms with Crippen LogP contribution in [0.1, 0.15) is 22.2 Å². The van der Waals surface area contributed by atoms with E-state index >= 15 is 0 Å². The molecule has 3 nitrogen and oxygen atoms in total. The molecule has 0 bridgehead atoms. The highest BCUT2D eigenvalue weighted by atomic mass is 79.9. The normalized spacial score (nSPS) is 12.6. The number of halogens is 1. The van der Waals surface area contributed by atoms with Crippen molar-refractivity contribution in [3.63, 3.8) is 0 Å². The van der Waals surface area contributed by atoms with Crippen LogP contribution in [-0.4, -0.2) is 23.7 Å². The van der Waals surface area contributed by atoms with Crippen molar-refractivity contribution in [2.45, 2.75) is 19.9 Å². The van der Waals surface area contributed by atoms with Crippen LogP contribution in [0.2, 0.25) is 0 Å². The van der Waals surface area contributed by atoms with Crippen molar-refractivity contribution >= 4 is 33.2 Å². The molecule has 1 aromatic rings. The van der Waals surface area contributed by atoms with E-state index in [1.165, 1.54) is 11.3 Å². The fraction of sp³-hybridized carbons (Fsp3) is 0.444. The van der Waals surface area contributed by atoms with E-state index in [0.717, 1.165) is 9.35 Å². The molecule has 0 aliphatic carbocycles. The summed E-state index contributed by atoms with van der Waals surface area (Å²) in [6, 6.07) is 1.62.